The monoisotopic (exact) mass is 478 g/mol. The number of guanidine groups is 1. The third-order valence-corrected chi connectivity index (χ3v) is 6.02. The molecule has 0 saturated carbocycles. The summed E-state index contributed by atoms with van der Waals surface area (Å²) in [5.74, 6) is 0.0947. The number of ether oxygens (including phenoxy) is 2. The van der Waals surface area contributed by atoms with Gasteiger partial charge >= 0.3 is 12.2 Å². The van der Waals surface area contributed by atoms with Crippen molar-refractivity contribution in [3.05, 3.63) is 71.8 Å². The fraction of sp³-hybridized carbons (Fsp3) is 0.464. The van der Waals surface area contributed by atoms with E-state index in [1.807, 2.05) is 41.3 Å². The number of fused-ring (bicyclic) bond motifs is 1. The van der Waals surface area contributed by atoms with Crippen LogP contribution in [0.5, 0.6) is 0 Å². The van der Waals surface area contributed by atoms with Crippen LogP contribution in [0.2, 0.25) is 0 Å². The van der Waals surface area contributed by atoms with Crippen molar-refractivity contribution in [2.24, 2.45) is 4.99 Å². The lowest BCUT2D eigenvalue weighted by atomic mass is 9.73. The average molecular weight is 479 g/mol. The third kappa shape index (κ3) is 5.34. The van der Waals surface area contributed by atoms with Crippen LogP contribution in [0.3, 0.4) is 0 Å². The molecule has 2 heterocycles. The Morgan fingerprint density at radius 1 is 0.914 bits per heavy atom. The highest BCUT2D eigenvalue weighted by Gasteiger charge is 2.53. The van der Waals surface area contributed by atoms with Gasteiger partial charge in [0, 0.05) is 12.0 Å². The van der Waals surface area contributed by atoms with E-state index in [9.17, 15) is 9.59 Å². The van der Waals surface area contributed by atoms with E-state index in [0.717, 1.165) is 11.1 Å². The Hall–Kier alpha value is -3.35. The van der Waals surface area contributed by atoms with E-state index in [0.29, 0.717) is 13.0 Å². The maximum Gasteiger partial charge on any atom is 0.437 e. The highest BCUT2D eigenvalue weighted by molar-refractivity contribution is 6.01. The first-order chi connectivity index (χ1) is 16.8. The van der Waals surface area contributed by atoms with Crippen molar-refractivity contribution < 1.29 is 20.4 Å². The lowest BCUT2D eigenvalue weighted by Crippen LogP contribution is -2.44. The van der Waals surface area contributed by atoms with Gasteiger partial charge in [-0.1, -0.05) is 60.7 Å². The number of nitrogens with zero attached hydrogens (tertiary/aromatic N) is 3. The van der Waals surface area contributed by atoms with Crippen molar-refractivity contribution in [3.63, 3.8) is 0 Å². The van der Waals surface area contributed by atoms with E-state index in [4.69, 9.17) is 10.8 Å². The first-order valence-electron chi connectivity index (χ1n) is 12.5. The van der Waals surface area contributed by atoms with Gasteiger partial charge in [0.2, 0.25) is 5.96 Å². The summed E-state index contributed by atoms with van der Waals surface area (Å²) in [4.78, 5) is 33.3. The third-order valence-electron chi connectivity index (χ3n) is 6.02. The zero-order chi connectivity index (χ0) is 26.3. The van der Waals surface area contributed by atoms with Gasteiger partial charge in [0.1, 0.15) is 11.2 Å². The summed E-state index contributed by atoms with van der Waals surface area (Å²) in [6.07, 6.45) is -0.943. The van der Waals surface area contributed by atoms with Crippen LogP contribution in [0.25, 0.3) is 0 Å². The summed E-state index contributed by atoms with van der Waals surface area (Å²) in [5, 5.41) is 0. The first-order valence-corrected chi connectivity index (χ1v) is 11.9. The molecule has 2 aromatic rings. The Kier molecular flexibility index (Phi) is 6.03. The number of benzene rings is 2. The zero-order valence-electron chi connectivity index (χ0n) is 22.3. The van der Waals surface area contributed by atoms with Crippen LogP contribution in [0.1, 0.15) is 60.5 Å². The van der Waals surface area contributed by atoms with E-state index in [1.165, 1.54) is 4.90 Å². The van der Waals surface area contributed by atoms with Gasteiger partial charge in [0.05, 0.1) is 13.9 Å². The van der Waals surface area contributed by atoms with Crippen molar-refractivity contribution >= 4 is 18.1 Å². The van der Waals surface area contributed by atoms with Crippen LogP contribution in [-0.2, 0) is 14.9 Å². The second-order valence-electron chi connectivity index (χ2n) is 11.1. The minimum Gasteiger partial charge on any atom is -0.443 e. The summed E-state index contributed by atoms with van der Waals surface area (Å²) in [7, 11) is 0. The van der Waals surface area contributed by atoms with E-state index < -0.39 is 35.3 Å². The molecule has 2 saturated heterocycles. The molecule has 2 aromatic carbocycles. The Morgan fingerprint density at radius 3 is 1.91 bits per heavy atom. The molecule has 2 fully saturated rings. The zero-order valence-corrected chi connectivity index (χ0v) is 21.3. The predicted molar refractivity (Wildman–Crippen MR) is 135 cm³/mol. The highest BCUT2D eigenvalue weighted by atomic mass is 16.6. The lowest BCUT2D eigenvalue weighted by Gasteiger charge is -2.33. The fourth-order valence-corrected chi connectivity index (χ4v) is 4.71. The molecule has 0 bridgehead atoms. The number of aliphatic imine (C=N–C) groups is 1. The van der Waals surface area contributed by atoms with Gasteiger partial charge in [-0.25, -0.2) is 14.5 Å². The Balaban J connectivity index is 1.79. The van der Waals surface area contributed by atoms with Crippen LogP contribution in [0, 0.1) is 0 Å². The van der Waals surface area contributed by atoms with E-state index in [-0.39, 0.29) is 12.0 Å². The molecule has 7 nitrogen and oxygen atoms in total. The van der Waals surface area contributed by atoms with Crippen molar-refractivity contribution in [2.45, 2.75) is 70.6 Å². The Bertz CT molecular complexity index is 1100. The second-order valence-corrected chi connectivity index (χ2v) is 11.1. The van der Waals surface area contributed by atoms with Crippen LogP contribution in [0.15, 0.2) is 65.7 Å². The van der Waals surface area contributed by atoms with Crippen molar-refractivity contribution in [1.29, 1.82) is 0 Å². The Labute approximate surface area is 209 Å². The summed E-state index contributed by atoms with van der Waals surface area (Å²) >= 11 is 0. The summed E-state index contributed by atoms with van der Waals surface area (Å²) in [5.41, 5.74) is 0.260. The lowest BCUT2D eigenvalue weighted by molar-refractivity contribution is 0.0377. The molecule has 0 N–H and O–H groups in total. The predicted octanol–water partition coefficient (Wildman–Crippen LogP) is 5.59. The second kappa shape index (κ2) is 9.02. The largest absolute Gasteiger partial charge is 0.443 e. The van der Waals surface area contributed by atoms with Crippen molar-refractivity contribution in [2.75, 3.05) is 13.1 Å². The normalized spacial score (nSPS) is 23.1. The molecule has 0 aliphatic carbocycles. The standard InChI is InChI=1S/C28H35N3O4/c1-26(2,3)34-24(32)29-23-30(25(33)35-27(4,5)6)18-22-17-28(19-31(22)23,20-13-9-7-10-14-20)21-15-11-8-12-16-21/h7-16,22H,17-19H2,1-6H3/b29-23-/t22-/m1/s1/i18D/t18-,22+/m0. The molecule has 0 unspecified atom stereocenters. The van der Waals surface area contributed by atoms with Gasteiger partial charge in [-0.2, -0.15) is 0 Å². The van der Waals surface area contributed by atoms with E-state index >= 15 is 0 Å². The molecule has 35 heavy (non-hydrogen) atoms. The summed E-state index contributed by atoms with van der Waals surface area (Å²) in [6, 6.07) is 19.9. The quantitative estimate of drug-likeness (QED) is 0.563. The van der Waals surface area contributed by atoms with Crippen LogP contribution in [-0.4, -0.2) is 58.3 Å². The number of carbonyl (C=O) groups excluding carboxylic acids is 2. The Morgan fingerprint density at radius 2 is 1.43 bits per heavy atom. The number of amides is 2. The van der Waals surface area contributed by atoms with Crippen LogP contribution in [0.4, 0.5) is 9.59 Å². The van der Waals surface area contributed by atoms with Crippen molar-refractivity contribution in [3.8, 4) is 0 Å². The van der Waals surface area contributed by atoms with Crippen molar-refractivity contribution in [1.82, 2.24) is 9.80 Å². The minimum absolute atomic E-state index is 0.0947. The van der Waals surface area contributed by atoms with E-state index in [2.05, 4.69) is 29.3 Å². The van der Waals surface area contributed by atoms with Gasteiger partial charge in [0.25, 0.3) is 0 Å². The molecule has 2 aliphatic heterocycles. The maximum absolute atomic E-state index is 13.2. The van der Waals surface area contributed by atoms with Gasteiger partial charge < -0.3 is 14.4 Å². The van der Waals surface area contributed by atoms with E-state index in [1.54, 1.807) is 41.5 Å². The fourth-order valence-electron chi connectivity index (χ4n) is 4.71. The summed E-state index contributed by atoms with van der Waals surface area (Å²) in [6.45, 7) is 10.0. The van der Waals surface area contributed by atoms with Gasteiger partial charge in [-0.3, -0.25) is 0 Å². The molecule has 4 rings (SSSR count). The molecular formula is C28H35N3O4. The number of hydrogen-bond acceptors (Lipinski definition) is 4. The molecule has 186 valence electrons. The smallest absolute Gasteiger partial charge is 0.437 e. The molecule has 2 aliphatic rings. The highest BCUT2D eigenvalue weighted by Crippen LogP contribution is 2.46. The average Bonchev–Trinajstić information content (AvgIpc) is 3.29. The molecule has 7 heteroatoms. The van der Waals surface area contributed by atoms with Crippen LogP contribution < -0.4 is 0 Å². The molecule has 0 spiro atoms. The minimum atomic E-state index is -1.00. The molecule has 2 atom stereocenters. The molecule has 0 aromatic heterocycles. The van der Waals surface area contributed by atoms with Gasteiger partial charge in [-0.05, 0) is 59.1 Å². The first kappa shape index (κ1) is 23.4. The SMILES string of the molecule is [2H][C@H]1[C@H]2CC(c3ccccc3)(c3ccccc3)CN2/C(=N\C(=O)OC(C)(C)C)N1C(=O)OC(C)(C)C. The van der Waals surface area contributed by atoms with Crippen LogP contribution >= 0.6 is 0 Å². The van der Waals surface area contributed by atoms with Gasteiger partial charge in [0.15, 0.2) is 0 Å². The molecule has 0 radical (unpaired) electrons. The number of carbonyl (C=O) groups is 2. The van der Waals surface area contributed by atoms with Gasteiger partial charge in [-0.15, -0.1) is 4.99 Å². The molecule has 2 amide bonds. The number of rotatable bonds is 2. The molecular weight excluding hydrogens is 442 g/mol. The maximum atomic E-state index is 13.2. The summed E-state index contributed by atoms with van der Waals surface area (Å²) < 4.78 is 20.1. The number of hydrogen-bond donors (Lipinski definition) is 0. The topological polar surface area (TPSA) is 71.4 Å².